The Hall–Kier alpha value is -2.19. The number of hydrogen-bond acceptors (Lipinski definition) is 5. The van der Waals surface area contributed by atoms with E-state index in [9.17, 15) is 9.59 Å². The lowest BCUT2D eigenvalue weighted by Crippen LogP contribution is -2.47. The normalized spacial score (nSPS) is 15.4. The number of thiophene rings is 2. The summed E-state index contributed by atoms with van der Waals surface area (Å²) in [6, 6.07) is 13.3. The topological polar surface area (TPSA) is 49.9 Å². The summed E-state index contributed by atoms with van der Waals surface area (Å²) in [7, 11) is 1.64. The second-order valence-corrected chi connectivity index (χ2v) is 10.0. The van der Waals surface area contributed by atoms with Crippen molar-refractivity contribution in [2.24, 2.45) is 0 Å². The fraction of sp³-hybridized carbons (Fsp3) is 0.333. The average Bonchev–Trinajstić information content (AvgIpc) is 3.50. The summed E-state index contributed by atoms with van der Waals surface area (Å²) in [5, 5.41) is 4.62. The summed E-state index contributed by atoms with van der Waals surface area (Å²) >= 11 is 9.23. The van der Waals surface area contributed by atoms with Crippen LogP contribution in [0.3, 0.4) is 0 Å². The van der Waals surface area contributed by atoms with Crippen LogP contribution in [0.4, 0.5) is 0 Å². The van der Waals surface area contributed by atoms with Crippen LogP contribution in [-0.4, -0.2) is 55.0 Å². The maximum atomic E-state index is 13.6. The molecule has 8 heteroatoms. The van der Waals surface area contributed by atoms with Crippen molar-refractivity contribution < 1.29 is 14.3 Å². The molecule has 0 N–H and O–H groups in total. The Kier molecular flexibility index (Phi) is 7.63. The van der Waals surface area contributed by atoms with Gasteiger partial charge in [-0.15, -0.1) is 22.7 Å². The number of rotatable bonds is 8. The lowest BCUT2D eigenvalue weighted by atomic mass is 9.93. The van der Waals surface area contributed by atoms with Gasteiger partial charge in [0.2, 0.25) is 5.91 Å². The maximum absolute atomic E-state index is 13.6. The van der Waals surface area contributed by atoms with Crippen LogP contribution in [-0.2, 0) is 16.0 Å². The molecule has 0 fully saturated rings. The third-order valence-electron chi connectivity index (χ3n) is 5.59. The van der Waals surface area contributed by atoms with Gasteiger partial charge in [-0.25, -0.2) is 0 Å². The van der Waals surface area contributed by atoms with Crippen LogP contribution in [0.5, 0.6) is 0 Å². The summed E-state index contributed by atoms with van der Waals surface area (Å²) in [5.41, 5.74) is 2.19. The van der Waals surface area contributed by atoms with Crippen LogP contribution in [0.2, 0.25) is 5.02 Å². The van der Waals surface area contributed by atoms with Crippen molar-refractivity contribution in [3.63, 3.8) is 0 Å². The molecule has 1 aliphatic rings. The predicted molar refractivity (Wildman–Crippen MR) is 130 cm³/mol. The number of benzene rings is 1. The van der Waals surface area contributed by atoms with Gasteiger partial charge in [0.25, 0.3) is 5.91 Å². The molecule has 168 valence electrons. The second kappa shape index (κ2) is 10.6. The van der Waals surface area contributed by atoms with Gasteiger partial charge >= 0.3 is 0 Å². The van der Waals surface area contributed by atoms with E-state index in [0.29, 0.717) is 36.0 Å². The highest BCUT2D eigenvalue weighted by atomic mass is 35.5. The van der Waals surface area contributed by atoms with Crippen LogP contribution in [0.25, 0.3) is 0 Å². The first-order chi connectivity index (χ1) is 15.6. The van der Waals surface area contributed by atoms with Gasteiger partial charge in [0.1, 0.15) is 6.54 Å². The number of nitrogens with zero attached hydrogens (tertiary/aromatic N) is 2. The number of halogens is 1. The van der Waals surface area contributed by atoms with Crippen molar-refractivity contribution in [1.82, 2.24) is 9.80 Å². The molecule has 0 spiro atoms. The summed E-state index contributed by atoms with van der Waals surface area (Å²) in [6.45, 7) is 1.68. The zero-order valence-corrected chi connectivity index (χ0v) is 20.2. The van der Waals surface area contributed by atoms with Crippen molar-refractivity contribution in [3.8, 4) is 0 Å². The molecule has 0 saturated heterocycles. The van der Waals surface area contributed by atoms with Gasteiger partial charge in [0.05, 0.1) is 10.9 Å². The fourth-order valence-corrected chi connectivity index (χ4v) is 5.77. The molecule has 4 rings (SSSR count). The number of fused-ring (bicyclic) bond motifs is 1. The molecule has 0 bridgehead atoms. The SMILES string of the molecule is COCCCN(CC(=O)N1CCc2sccc2C1c1ccc(Cl)cc1)C(=O)c1cccs1. The van der Waals surface area contributed by atoms with E-state index < -0.39 is 0 Å². The van der Waals surface area contributed by atoms with Crippen LogP contribution in [0.15, 0.2) is 53.2 Å². The minimum Gasteiger partial charge on any atom is -0.385 e. The average molecular weight is 489 g/mol. The van der Waals surface area contributed by atoms with Gasteiger partial charge < -0.3 is 14.5 Å². The molecule has 1 aromatic carbocycles. The van der Waals surface area contributed by atoms with Crippen molar-refractivity contribution >= 4 is 46.1 Å². The molecule has 2 amide bonds. The molecular weight excluding hydrogens is 464 g/mol. The molecule has 5 nitrogen and oxygen atoms in total. The maximum Gasteiger partial charge on any atom is 0.264 e. The quantitative estimate of drug-likeness (QED) is 0.414. The largest absolute Gasteiger partial charge is 0.385 e. The van der Waals surface area contributed by atoms with Gasteiger partial charge in [-0.1, -0.05) is 29.8 Å². The summed E-state index contributed by atoms with van der Waals surface area (Å²) in [6.07, 6.45) is 1.50. The number of methoxy groups -OCH3 is 1. The molecule has 1 aliphatic heterocycles. The van der Waals surface area contributed by atoms with Gasteiger partial charge in [-0.2, -0.15) is 0 Å². The molecule has 1 unspecified atom stereocenters. The van der Waals surface area contributed by atoms with E-state index in [1.165, 1.54) is 16.2 Å². The van der Waals surface area contributed by atoms with E-state index in [2.05, 4.69) is 11.4 Å². The first-order valence-corrected chi connectivity index (χ1v) is 12.6. The zero-order chi connectivity index (χ0) is 22.5. The van der Waals surface area contributed by atoms with E-state index in [1.807, 2.05) is 40.6 Å². The number of hydrogen-bond donors (Lipinski definition) is 0. The van der Waals surface area contributed by atoms with Gasteiger partial charge in [0, 0.05) is 36.7 Å². The summed E-state index contributed by atoms with van der Waals surface area (Å²) < 4.78 is 5.16. The molecule has 0 radical (unpaired) electrons. The first-order valence-electron chi connectivity index (χ1n) is 10.5. The van der Waals surface area contributed by atoms with Gasteiger partial charge in [0.15, 0.2) is 0 Å². The Morgan fingerprint density at radius 3 is 2.69 bits per heavy atom. The molecule has 1 atom stereocenters. The van der Waals surface area contributed by atoms with E-state index in [0.717, 1.165) is 17.5 Å². The standard InChI is InChI=1S/C24H25ClN2O3S2/c1-30-13-3-11-26(24(29)21-4-2-14-31-21)16-22(28)27-12-9-20-19(10-15-32-20)23(27)17-5-7-18(25)8-6-17/h2,4-8,10,14-15,23H,3,9,11-13,16H2,1H3. The van der Waals surface area contributed by atoms with Gasteiger partial charge in [-0.05, 0) is 59.0 Å². The van der Waals surface area contributed by atoms with Crippen molar-refractivity contribution in [2.75, 3.05) is 33.4 Å². The third-order valence-corrected chi connectivity index (χ3v) is 7.70. The highest BCUT2D eigenvalue weighted by Gasteiger charge is 2.34. The highest BCUT2D eigenvalue weighted by Crippen LogP contribution is 2.38. The van der Waals surface area contributed by atoms with Crippen molar-refractivity contribution in [1.29, 1.82) is 0 Å². The summed E-state index contributed by atoms with van der Waals surface area (Å²) in [4.78, 5) is 32.2. The monoisotopic (exact) mass is 488 g/mol. The molecular formula is C24H25ClN2O3S2. The Morgan fingerprint density at radius 2 is 1.97 bits per heavy atom. The number of carbonyl (C=O) groups excluding carboxylic acids is 2. The first kappa shape index (κ1) is 23.0. The Bertz CT molecular complexity index is 1050. The van der Waals surface area contributed by atoms with E-state index in [1.54, 1.807) is 29.4 Å². The van der Waals surface area contributed by atoms with Crippen LogP contribution in [0.1, 0.15) is 38.1 Å². The number of carbonyl (C=O) groups is 2. The molecule has 32 heavy (non-hydrogen) atoms. The highest BCUT2D eigenvalue weighted by molar-refractivity contribution is 7.12. The Labute approximate surface area is 201 Å². The van der Waals surface area contributed by atoms with E-state index >= 15 is 0 Å². The minimum atomic E-state index is -0.174. The van der Waals surface area contributed by atoms with Crippen LogP contribution < -0.4 is 0 Å². The van der Waals surface area contributed by atoms with Gasteiger partial charge in [-0.3, -0.25) is 9.59 Å². The third kappa shape index (κ3) is 5.07. The molecule has 3 aromatic rings. The Morgan fingerprint density at radius 1 is 1.16 bits per heavy atom. The minimum absolute atomic E-state index is 0.0456. The molecule has 3 heterocycles. The van der Waals surface area contributed by atoms with Crippen LogP contribution in [0, 0.1) is 0 Å². The fourth-order valence-electron chi connectivity index (χ4n) is 4.05. The van der Waals surface area contributed by atoms with E-state index in [-0.39, 0.29) is 24.4 Å². The molecule has 2 aromatic heterocycles. The van der Waals surface area contributed by atoms with E-state index in [4.69, 9.17) is 16.3 Å². The van der Waals surface area contributed by atoms with Crippen molar-refractivity contribution in [3.05, 3.63) is 79.1 Å². The lowest BCUT2D eigenvalue weighted by molar-refractivity contribution is -0.134. The Balaban J connectivity index is 1.58. The predicted octanol–water partition coefficient (Wildman–Crippen LogP) is 5.12. The smallest absolute Gasteiger partial charge is 0.264 e. The number of ether oxygens (including phenoxy) is 1. The number of amides is 2. The van der Waals surface area contributed by atoms with Crippen molar-refractivity contribution in [2.45, 2.75) is 18.9 Å². The van der Waals surface area contributed by atoms with Crippen LogP contribution >= 0.6 is 34.3 Å². The zero-order valence-electron chi connectivity index (χ0n) is 17.8. The summed E-state index contributed by atoms with van der Waals surface area (Å²) in [5.74, 6) is -0.162. The molecule has 0 saturated carbocycles. The second-order valence-electron chi connectivity index (χ2n) is 7.64. The lowest BCUT2D eigenvalue weighted by Gasteiger charge is -2.37. The molecule has 0 aliphatic carbocycles.